The normalized spacial score (nSPS) is 18.9. The highest BCUT2D eigenvalue weighted by Crippen LogP contribution is 2.07. The molecule has 0 amide bonds. The highest BCUT2D eigenvalue weighted by atomic mass is 32.2. The lowest BCUT2D eigenvalue weighted by Crippen LogP contribution is -2.11. The quantitative estimate of drug-likeness (QED) is 0.476. The highest BCUT2D eigenvalue weighted by Gasteiger charge is 2.16. The van der Waals surface area contributed by atoms with Crippen LogP contribution in [0.2, 0.25) is 0 Å². The standard InChI is InChI=1S/C6H4O5S/c7-4-1-2-5(8)6(3-4)11-12(9)10/h1-3H,(H,9,10). The first-order chi connectivity index (χ1) is 5.59. The molecular formula is C6H4O5S. The van der Waals surface area contributed by atoms with E-state index in [2.05, 4.69) is 4.18 Å². The van der Waals surface area contributed by atoms with Crippen LogP contribution < -0.4 is 0 Å². The molecule has 12 heavy (non-hydrogen) atoms. The maximum absolute atomic E-state index is 10.8. The Morgan fingerprint density at radius 1 is 1.33 bits per heavy atom. The first-order valence-corrected chi connectivity index (χ1v) is 3.90. The summed E-state index contributed by atoms with van der Waals surface area (Å²) in [7, 11) is 0. The van der Waals surface area contributed by atoms with Crippen LogP contribution in [0.15, 0.2) is 24.0 Å². The van der Waals surface area contributed by atoms with Gasteiger partial charge in [-0.3, -0.25) is 14.1 Å². The smallest absolute Gasteiger partial charge is 0.357 e. The van der Waals surface area contributed by atoms with Gasteiger partial charge in [-0.05, 0) is 12.2 Å². The molecule has 0 heterocycles. The lowest BCUT2D eigenvalue weighted by Gasteiger charge is -2.03. The second-order valence-corrected chi connectivity index (χ2v) is 2.51. The van der Waals surface area contributed by atoms with Crippen molar-refractivity contribution < 1.29 is 22.5 Å². The van der Waals surface area contributed by atoms with Crippen molar-refractivity contribution in [1.82, 2.24) is 0 Å². The van der Waals surface area contributed by atoms with Gasteiger partial charge in [0.1, 0.15) is 0 Å². The SMILES string of the molecule is O=C1C=CC(=O)C(OS(=O)O)=C1. The minimum absolute atomic E-state index is 0.414. The first kappa shape index (κ1) is 8.82. The summed E-state index contributed by atoms with van der Waals surface area (Å²) in [5, 5.41) is 0. The molecule has 0 aromatic heterocycles. The average Bonchev–Trinajstić information content (AvgIpc) is 1.96. The number of carbonyl (C=O) groups is 2. The summed E-state index contributed by atoms with van der Waals surface area (Å²) in [5.74, 6) is -1.46. The van der Waals surface area contributed by atoms with Crippen molar-refractivity contribution in [3.05, 3.63) is 24.0 Å². The van der Waals surface area contributed by atoms with Crippen LogP contribution in [0.25, 0.3) is 0 Å². The van der Waals surface area contributed by atoms with Gasteiger partial charge in [-0.15, -0.1) is 0 Å². The fourth-order valence-corrected chi connectivity index (χ4v) is 0.914. The zero-order valence-corrected chi connectivity index (χ0v) is 6.54. The zero-order valence-electron chi connectivity index (χ0n) is 5.72. The van der Waals surface area contributed by atoms with Crippen LogP contribution in [0.5, 0.6) is 0 Å². The summed E-state index contributed by atoms with van der Waals surface area (Å²) in [6.45, 7) is 0. The van der Waals surface area contributed by atoms with Crippen molar-refractivity contribution in [3.8, 4) is 0 Å². The van der Waals surface area contributed by atoms with E-state index in [1.807, 2.05) is 0 Å². The van der Waals surface area contributed by atoms with E-state index >= 15 is 0 Å². The van der Waals surface area contributed by atoms with Crippen molar-refractivity contribution in [2.75, 3.05) is 0 Å². The van der Waals surface area contributed by atoms with Crippen LogP contribution in [0.4, 0.5) is 0 Å². The van der Waals surface area contributed by atoms with Gasteiger partial charge in [-0.25, -0.2) is 0 Å². The Labute approximate surface area is 70.2 Å². The summed E-state index contributed by atoms with van der Waals surface area (Å²) < 4.78 is 22.5. The zero-order chi connectivity index (χ0) is 9.14. The molecule has 1 atom stereocenters. The molecular weight excluding hydrogens is 184 g/mol. The second-order valence-electron chi connectivity index (χ2n) is 1.91. The Bertz CT molecular complexity index is 314. The number of hydrogen-bond donors (Lipinski definition) is 1. The van der Waals surface area contributed by atoms with Crippen LogP contribution in [0.3, 0.4) is 0 Å². The Morgan fingerprint density at radius 2 is 2.00 bits per heavy atom. The van der Waals surface area contributed by atoms with Gasteiger partial charge in [0.2, 0.25) is 5.78 Å². The van der Waals surface area contributed by atoms with Gasteiger partial charge in [0.15, 0.2) is 11.5 Å². The molecule has 0 aliphatic heterocycles. The van der Waals surface area contributed by atoms with Gasteiger partial charge in [-0.2, -0.15) is 4.21 Å². The van der Waals surface area contributed by atoms with Crippen LogP contribution in [-0.2, 0) is 25.1 Å². The summed E-state index contributed by atoms with van der Waals surface area (Å²) in [6.07, 6.45) is 2.89. The minimum Gasteiger partial charge on any atom is -0.376 e. The van der Waals surface area contributed by atoms with E-state index in [-0.39, 0.29) is 0 Å². The molecule has 0 radical (unpaired) electrons. The number of hydrogen-bond acceptors (Lipinski definition) is 4. The lowest BCUT2D eigenvalue weighted by atomic mass is 10.1. The van der Waals surface area contributed by atoms with Crippen LogP contribution in [0, 0.1) is 0 Å². The van der Waals surface area contributed by atoms with Crippen molar-refractivity contribution in [2.24, 2.45) is 0 Å². The average molecular weight is 188 g/mol. The van der Waals surface area contributed by atoms with Crippen LogP contribution in [-0.4, -0.2) is 20.3 Å². The van der Waals surface area contributed by atoms with E-state index in [9.17, 15) is 13.8 Å². The van der Waals surface area contributed by atoms with Crippen LogP contribution >= 0.6 is 0 Å². The Hall–Kier alpha value is -1.27. The molecule has 64 valence electrons. The summed E-state index contributed by atoms with van der Waals surface area (Å²) in [6, 6.07) is 0. The molecule has 0 bridgehead atoms. The molecule has 0 spiro atoms. The molecule has 1 unspecified atom stereocenters. The third-order valence-electron chi connectivity index (χ3n) is 1.08. The summed E-state index contributed by atoms with van der Waals surface area (Å²) in [4.78, 5) is 21.4. The fraction of sp³-hybridized carbons (Fsp3) is 0. The van der Waals surface area contributed by atoms with E-state index in [1.165, 1.54) is 0 Å². The predicted molar refractivity (Wildman–Crippen MR) is 39.1 cm³/mol. The predicted octanol–water partition coefficient (Wildman–Crippen LogP) is -0.268. The molecule has 0 saturated carbocycles. The monoisotopic (exact) mass is 188 g/mol. The van der Waals surface area contributed by atoms with Gasteiger partial charge in [0.05, 0.1) is 0 Å². The fourth-order valence-electron chi connectivity index (χ4n) is 0.630. The van der Waals surface area contributed by atoms with Crippen molar-refractivity contribution in [3.63, 3.8) is 0 Å². The first-order valence-electron chi connectivity index (χ1n) is 2.87. The Kier molecular flexibility index (Phi) is 2.51. The number of allylic oxidation sites excluding steroid dienone is 3. The molecule has 6 heteroatoms. The van der Waals surface area contributed by atoms with Gasteiger partial charge in [-0.1, -0.05) is 0 Å². The number of carbonyl (C=O) groups excluding carboxylic acids is 2. The Balaban J connectivity index is 2.81. The summed E-state index contributed by atoms with van der Waals surface area (Å²) in [5.41, 5.74) is 0. The van der Waals surface area contributed by atoms with Gasteiger partial charge in [0.25, 0.3) is 0 Å². The molecule has 1 aliphatic rings. The van der Waals surface area contributed by atoms with Gasteiger partial charge >= 0.3 is 11.4 Å². The van der Waals surface area contributed by atoms with Gasteiger partial charge in [0, 0.05) is 6.08 Å². The third-order valence-corrected chi connectivity index (χ3v) is 1.40. The maximum atomic E-state index is 10.8. The van der Waals surface area contributed by atoms with Crippen molar-refractivity contribution in [1.29, 1.82) is 0 Å². The minimum atomic E-state index is -2.57. The number of ketones is 2. The third kappa shape index (κ3) is 2.11. The maximum Gasteiger partial charge on any atom is 0.357 e. The number of rotatable bonds is 2. The molecule has 1 aliphatic carbocycles. The molecule has 0 aromatic rings. The van der Waals surface area contributed by atoms with E-state index in [0.717, 1.165) is 18.2 Å². The topological polar surface area (TPSA) is 80.7 Å². The molecule has 0 aromatic carbocycles. The second kappa shape index (κ2) is 3.42. The molecule has 1 N–H and O–H groups in total. The van der Waals surface area contributed by atoms with Crippen LogP contribution in [0.1, 0.15) is 0 Å². The molecule has 5 nitrogen and oxygen atoms in total. The van der Waals surface area contributed by atoms with Gasteiger partial charge < -0.3 is 4.18 Å². The van der Waals surface area contributed by atoms with E-state index in [4.69, 9.17) is 4.55 Å². The van der Waals surface area contributed by atoms with E-state index in [1.54, 1.807) is 0 Å². The molecule has 1 rings (SSSR count). The van der Waals surface area contributed by atoms with E-state index < -0.39 is 28.7 Å². The largest absolute Gasteiger partial charge is 0.376 e. The van der Waals surface area contributed by atoms with E-state index in [0.29, 0.717) is 0 Å². The molecule has 0 fully saturated rings. The van der Waals surface area contributed by atoms with Crippen molar-refractivity contribution >= 4 is 22.9 Å². The lowest BCUT2D eigenvalue weighted by molar-refractivity contribution is -0.116. The Morgan fingerprint density at radius 3 is 2.58 bits per heavy atom. The molecule has 0 saturated heterocycles. The van der Waals surface area contributed by atoms with Crippen molar-refractivity contribution in [2.45, 2.75) is 0 Å². The highest BCUT2D eigenvalue weighted by molar-refractivity contribution is 7.74. The summed E-state index contributed by atoms with van der Waals surface area (Å²) >= 11 is -2.57.